The summed E-state index contributed by atoms with van der Waals surface area (Å²) in [7, 11) is -4.27. The van der Waals surface area contributed by atoms with Crippen LogP contribution in [-0.2, 0) is 14.8 Å². The molecule has 1 atom stereocenters. The molecule has 1 aliphatic heterocycles. The number of nitrogens with two attached hydrogens (primary N) is 1. The highest BCUT2D eigenvalue weighted by molar-refractivity contribution is 7.89. The van der Waals surface area contributed by atoms with E-state index in [1.54, 1.807) is 0 Å². The smallest absolute Gasteiger partial charge is 0.246 e. The van der Waals surface area contributed by atoms with E-state index in [1.807, 2.05) is 0 Å². The Hall–Kier alpha value is -1.54. The van der Waals surface area contributed by atoms with Crippen molar-refractivity contribution in [1.29, 1.82) is 0 Å². The molecule has 8 heteroatoms. The molecule has 104 valence electrons. The van der Waals surface area contributed by atoms with Crippen LogP contribution >= 0.6 is 0 Å². The summed E-state index contributed by atoms with van der Waals surface area (Å²) in [6, 6.07) is 1.15. The normalized spacial score (nSPS) is 20.6. The first-order chi connectivity index (χ1) is 8.84. The van der Waals surface area contributed by atoms with Crippen molar-refractivity contribution in [3.8, 4) is 0 Å². The fourth-order valence-electron chi connectivity index (χ4n) is 2.11. The van der Waals surface area contributed by atoms with E-state index in [1.165, 1.54) is 0 Å². The van der Waals surface area contributed by atoms with Gasteiger partial charge < -0.3 is 5.73 Å². The van der Waals surface area contributed by atoms with Gasteiger partial charge in [0.2, 0.25) is 15.9 Å². The number of rotatable bonds is 3. The molecule has 0 spiro atoms. The molecule has 1 aliphatic rings. The Kier molecular flexibility index (Phi) is 3.55. The molecule has 0 bridgehead atoms. The maximum absolute atomic E-state index is 13.6. The molecule has 19 heavy (non-hydrogen) atoms. The average Bonchev–Trinajstić information content (AvgIpc) is 2.82. The van der Waals surface area contributed by atoms with Gasteiger partial charge in [0.1, 0.15) is 22.6 Å². The average molecular weight is 290 g/mol. The van der Waals surface area contributed by atoms with E-state index >= 15 is 0 Å². The Morgan fingerprint density at radius 1 is 1.37 bits per heavy atom. The zero-order valence-electron chi connectivity index (χ0n) is 9.84. The van der Waals surface area contributed by atoms with Crippen molar-refractivity contribution in [2.45, 2.75) is 23.8 Å². The molecular formula is C11H12F2N2O3S. The monoisotopic (exact) mass is 290 g/mol. The molecule has 0 saturated carbocycles. The number of benzene rings is 1. The number of primary amides is 1. The number of hydrogen-bond donors (Lipinski definition) is 1. The van der Waals surface area contributed by atoms with Gasteiger partial charge in [0, 0.05) is 6.54 Å². The Balaban J connectivity index is 2.48. The number of carbonyl (C=O) groups is 1. The van der Waals surface area contributed by atoms with Gasteiger partial charge in [-0.3, -0.25) is 4.79 Å². The lowest BCUT2D eigenvalue weighted by atomic mass is 10.2. The zero-order valence-corrected chi connectivity index (χ0v) is 10.7. The molecule has 5 nitrogen and oxygen atoms in total. The predicted molar refractivity (Wildman–Crippen MR) is 62.5 cm³/mol. The fourth-order valence-corrected chi connectivity index (χ4v) is 3.86. The van der Waals surface area contributed by atoms with Crippen LogP contribution < -0.4 is 5.73 Å². The minimum Gasteiger partial charge on any atom is -0.368 e. The summed E-state index contributed by atoms with van der Waals surface area (Å²) in [5.41, 5.74) is 5.12. The van der Waals surface area contributed by atoms with E-state index in [9.17, 15) is 22.0 Å². The van der Waals surface area contributed by atoms with Crippen molar-refractivity contribution in [3.63, 3.8) is 0 Å². The van der Waals surface area contributed by atoms with E-state index in [4.69, 9.17) is 5.73 Å². The quantitative estimate of drug-likeness (QED) is 0.885. The number of halogens is 2. The highest BCUT2D eigenvalue weighted by Crippen LogP contribution is 2.27. The lowest BCUT2D eigenvalue weighted by Crippen LogP contribution is -2.43. The Bertz CT molecular complexity index is 618. The minimum absolute atomic E-state index is 0.0614. The zero-order chi connectivity index (χ0) is 14.2. The van der Waals surface area contributed by atoms with Crippen molar-refractivity contribution in [2.24, 2.45) is 5.73 Å². The second-order valence-corrected chi connectivity index (χ2v) is 6.11. The first-order valence-electron chi connectivity index (χ1n) is 5.60. The number of hydrogen-bond acceptors (Lipinski definition) is 3. The van der Waals surface area contributed by atoms with Gasteiger partial charge in [0.05, 0.1) is 0 Å². The third kappa shape index (κ3) is 2.45. The SMILES string of the molecule is NC(=O)C1CCCN1S(=O)(=O)c1cc(F)ccc1F. The van der Waals surface area contributed by atoms with E-state index < -0.39 is 38.5 Å². The van der Waals surface area contributed by atoms with Crippen molar-refractivity contribution < 1.29 is 22.0 Å². The summed E-state index contributed by atoms with van der Waals surface area (Å²) in [6.07, 6.45) is 0.731. The second kappa shape index (κ2) is 4.86. The molecule has 1 aromatic rings. The van der Waals surface area contributed by atoms with Crippen LogP contribution in [0.5, 0.6) is 0 Å². The first kappa shape index (κ1) is 13.9. The minimum atomic E-state index is -4.27. The maximum Gasteiger partial charge on any atom is 0.246 e. The van der Waals surface area contributed by atoms with Crippen LogP contribution in [0.25, 0.3) is 0 Å². The lowest BCUT2D eigenvalue weighted by molar-refractivity contribution is -0.121. The van der Waals surface area contributed by atoms with Crippen LogP contribution in [0.2, 0.25) is 0 Å². The largest absolute Gasteiger partial charge is 0.368 e. The Morgan fingerprint density at radius 3 is 2.68 bits per heavy atom. The van der Waals surface area contributed by atoms with Crippen LogP contribution in [0.15, 0.2) is 23.1 Å². The topological polar surface area (TPSA) is 80.5 Å². The highest BCUT2D eigenvalue weighted by Gasteiger charge is 2.39. The standard InChI is InChI=1S/C11H12F2N2O3S/c12-7-3-4-8(13)10(6-7)19(17,18)15-5-1-2-9(15)11(14)16/h3-4,6,9H,1-2,5H2,(H2,14,16). The van der Waals surface area contributed by atoms with E-state index in [0.29, 0.717) is 12.5 Å². The van der Waals surface area contributed by atoms with Crippen LogP contribution in [0.1, 0.15) is 12.8 Å². The summed E-state index contributed by atoms with van der Waals surface area (Å²) < 4.78 is 51.9. The molecular weight excluding hydrogens is 278 g/mol. The summed E-state index contributed by atoms with van der Waals surface area (Å²) >= 11 is 0. The van der Waals surface area contributed by atoms with Crippen LogP contribution in [0, 0.1) is 11.6 Å². The Labute approximate surface area is 109 Å². The third-order valence-corrected chi connectivity index (χ3v) is 4.94. The number of amides is 1. The molecule has 2 N–H and O–H groups in total. The molecule has 1 amide bonds. The van der Waals surface area contributed by atoms with Gasteiger partial charge >= 0.3 is 0 Å². The summed E-state index contributed by atoms with van der Waals surface area (Å²) in [5, 5.41) is 0. The van der Waals surface area contributed by atoms with Gasteiger partial charge in [-0.25, -0.2) is 17.2 Å². The van der Waals surface area contributed by atoms with Crippen LogP contribution in [0.4, 0.5) is 8.78 Å². The fraction of sp³-hybridized carbons (Fsp3) is 0.364. The molecule has 0 aliphatic carbocycles. The van der Waals surface area contributed by atoms with Crippen LogP contribution in [-0.4, -0.2) is 31.2 Å². The Morgan fingerprint density at radius 2 is 2.05 bits per heavy atom. The van der Waals surface area contributed by atoms with Gasteiger partial charge in [-0.05, 0) is 31.0 Å². The first-order valence-corrected chi connectivity index (χ1v) is 7.04. The van der Waals surface area contributed by atoms with Gasteiger partial charge in [-0.1, -0.05) is 0 Å². The van der Waals surface area contributed by atoms with Crippen molar-refractivity contribution >= 4 is 15.9 Å². The highest BCUT2D eigenvalue weighted by atomic mass is 32.2. The summed E-state index contributed by atoms with van der Waals surface area (Å²) in [6.45, 7) is 0.0614. The molecule has 1 heterocycles. The number of sulfonamides is 1. The molecule has 0 aromatic heterocycles. The molecule has 1 saturated heterocycles. The summed E-state index contributed by atoms with van der Waals surface area (Å²) in [5.74, 6) is -2.72. The van der Waals surface area contributed by atoms with Crippen molar-refractivity contribution in [2.75, 3.05) is 6.54 Å². The molecule has 0 radical (unpaired) electrons. The lowest BCUT2D eigenvalue weighted by Gasteiger charge is -2.21. The second-order valence-electron chi connectivity index (χ2n) is 4.25. The van der Waals surface area contributed by atoms with Gasteiger partial charge in [-0.15, -0.1) is 0 Å². The number of carbonyl (C=O) groups excluding carboxylic acids is 1. The van der Waals surface area contributed by atoms with Gasteiger partial charge in [-0.2, -0.15) is 4.31 Å². The number of nitrogens with zero attached hydrogens (tertiary/aromatic N) is 1. The predicted octanol–water partition coefficient (Wildman–Crippen LogP) is 0.603. The molecule has 1 unspecified atom stereocenters. The van der Waals surface area contributed by atoms with Crippen LogP contribution in [0.3, 0.4) is 0 Å². The molecule has 2 rings (SSSR count). The summed E-state index contributed by atoms with van der Waals surface area (Å²) in [4.78, 5) is 10.4. The van der Waals surface area contributed by atoms with Gasteiger partial charge in [0.25, 0.3) is 0 Å². The van der Waals surface area contributed by atoms with E-state index in [0.717, 1.165) is 16.4 Å². The van der Waals surface area contributed by atoms with E-state index in [-0.39, 0.29) is 13.0 Å². The maximum atomic E-state index is 13.6. The van der Waals surface area contributed by atoms with Crippen molar-refractivity contribution in [1.82, 2.24) is 4.31 Å². The van der Waals surface area contributed by atoms with Gasteiger partial charge in [0.15, 0.2) is 0 Å². The van der Waals surface area contributed by atoms with Crippen molar-refractivity contribution in [3.05, 3.63) is 29.8 Å². The molecule has 1 fully saturated rings. The molecule has 1 aromatic carbocycles. The van der Waals surface area contributed by atoms with E-state index in [2.05, 4.69) is 0 Å². The third-order valence-electron chi connectivity index (χ3n) is 3.01.